The molecule has 51 heavy (non-hydrogen) atoms. The lowest BCUT2D eigenvalue weighted by Crippen LogP contribution is -2.38. The van der Waals surface area contributed by atoms with Crippen LogP contribution in [0.5, 0.6) is 11.5 Å². The smallest absolute Gasteiger partial charge is 0.316 e. The molecule has 0 aliphatic carbocycles. The number of hydrogen-bond acceptors (Lipinski definition) is 12. The number of ether oxygens (including phenoxy) is 4. The summed E-state index contributed by atoms with van der Waals surface area (Å²) < 4.78 is 48.7. The first-order chi connectivity index (χ1) is 23.3. The monoisotopic (exact) mass is 732 g/mol. The molecule has 0 bridgehead atoms. The predicted molar refractivity (Wildman–Crippen MR) is 193 cm³/mol. The van der Waals surface area contributed by atoms with Gasteiger partial charge in [-0.2, -0.15) is 0 Å². The number of esters is 4. The molecule has 0 saturated heterocycles. The minimum Gasteiger partial charge on any atom is -0.464 e. The highest BCUT2D eigenvalue weighted by Crippen LogP contribution is 2.38. The fraction of sp³-hybridized carbons (Fsp3) is 0.579. The van der Waals surface area contributed by atoms with E-state index in [0.717, 1.165) is 0 Å². The first-order valence-electron chi connectivity index (χ1n) is 16.8. The van der Waals surface area contributed by atoms with Gasteiger partial charge in [0.05, 0.1) is 31.5 Å². The molecule has 0 aliphatic rings. The summed E-state index contributed by atoms with van der Waals surface area (Å²) in [5, 5.41) is 0. The summed E-state index contributed by atoms with van der Waals surface area (Å²) in [5.74, 6) is -1.69. The summed E-state index contributed by atoms with van der Waals surface area (Å²) in [6.07, 6.45) is 0.331. The van der Waals surface area contributed by atoms with Crippen LogP contribution in [0.15, 0.2) is 58.3 Å². The summed E-state index contributed by atoms with van der Waals surface area (Å²) in [5.41, 5.74) is -4.00. The number of carbonyl (C=O) groups is 4. The normalized spacial score (nSPS) is 12.8. The van der Waals surface area contributed by atoms with E-state index in [-0.39, 0.29) is 47.3 Å². The van der Waals surface area contributed by atoms with Crippen LogP contribution < -0.4 is 9.47 Å². The third-order valence-corrected chi connectivity index (χ3v) is 10.00. The lowest BCUT2D eigenvalue weighted by molar-refractivity contribution is -0.160. The van der Waals surface area contributed by atoms with Crippen LogP contribution in [-0.4, -0.2) is 96.6 Å². The number of sulfone groups is 1. The predicted octanol–water partition coefficient (Wildman–Crippen LogP) is 5.42. The summed E-state index contributed by atoms with van der Waals surface area (Å²) in [7, 11) is 3.53. The van der Waals surface area contributed by atoms with Crippen LogP contribution in [0.4, 0.5) is 0 Å². The molecule has 0 unspecified atom stereocenters. The van der Waals surface area contributed by atoms with Crippen molar-refractivity contribution in [1.29, 1.82) is 0 Å². The molecule has 0 heterocycles. The Balaban J connectivity index is 2.05. The van der Waals surface area contributed by atoms with Crippen LogP contribution in [0.2, 0.25) is 0 Å². The molecule has 12 nitrogen and oxygen atoms in total. The molecule has 0 aromatic heterocycles. The fourth-order valence-corrected chi connectivity index (χ4v) is 6.79. The summed E-state index contributed by atoms with van der Waals surface area (Å²) in [6.45, 7) is 15.2. The Morgan fingerprint density at radius 2 is 0.784 bits per heavy atom. The Morgan fingerprint density at radius 3 is 1.06 bits per heavy atom. The van der Waals surface area contributed by atoms with E-state index in [1.165, 1.54) is 48.5 Å². The molecule has 284 valence electrons. The van der Waals surface area contributed by atoms with Crippen molar-refractivity contribution in [2.75, 3.05) is 54.5 Å². The third kappa shape index (κ3) is 12.7. The second-order valence-corrected chi connectivity index (χ2v) is 17.9. The van der Waals surface area contributed by atoms with Crippen molar-refractivity contribution in [2.24, 2.45) is 21.7 Å². The van der Waals surface area contributed by atoms with Gasteiger partial charge in [-0.25, -0.2) is 8.42 Å². The Bertz CT molecular complexity index is 1510. The van der Waals surface area contributed by atoms with Gasteiger partial charge in [0.1, 0.15) is 24.7 Å². The number of benzene rings is 2. The molecule has 2 aromatic carbocycles. The van der Waals surface area contributed by atoms with Crippen molar-refractivity contribution in [1.82, 2.24) is 9.80 Å². The standard InChI is InChI=1S/C38H56N2O10S/c1-35(2,31(41)47-23-21-39(9)10)25-37(5,6)33(43)49-27-13-17-29(18-14-27)51(45,46)30-19-15-28(16-20-30)50-34(44)38(7,8)26-36(3,4)32(42)48-24-22-40(11)12/h13-20H,21-26H2,1-12H3. The highest BCUT2D eigenvalue weighted by molar-refractivity contribution is 7.91. The van der Waals surface area contributed by atoms with Crippen LogP contribution in [0, 0.1) is 21.7 Å². The van der Waals surface area contributed by atoms with Gasteiger partial charge < -0.3 is 28.7 Å². The van der Waals surface area contributed by atoms with Crippen molar-refractivity contribution < 1.29 is 46.5 Å². The lowest BCUT2D eigenvalue weighted by atomic mass is 9.75. The molecule has 0 spiro atoms. The zero-order valence-electron chi connectivity index (χ0n) is 32.2. The van der Waals surface area contributed by atoms with Gasteiger partial charge in [0, 0.05) is 13.1 Å². The molecule has 0 amide bonds. The summed E-state index contributed by atoms with van der Waals surface area (Å²) in [4.78, 5) is 55.3. The molecule has 0 aliphatic heterocycles. The van der Waals surface area contributed by atoms with Gasteiger partial charge in [-0.3, -0.25) is 19.2 Å². The Morgan fingerprint density at radius 1 is 0.510 bits per heavy atom. The van der Waals surface area contributed by atoms with E-state index >= 15 is 0 Å². The van der Waals surface area contributed by atoms with Crippen LogP contribution in [0.1, 0.15) is 68.2 Å². The minimum absolute atomic E-state index is 0.0336. The first-order valence-corrected chi connectivity index (χ1v) is 18.3. The maximum atomic E-state index is 13.4. The third-order valence-electron chi connectivity index (χ3n) is 8.21. The van der Waals surface area contributed by atoms with Crippen molar-refractivity contribution in [3.63, 3.8) is 0 Å². The molecular weight excluding hydrogens is 676 g/mol. The average Bonchev–Trinajstić information content (AvgIpc) is 3.00. The molecule has 2 aromatic rings. The number of rotatable bonds is 18. The topological polar surface area (TPSA) is 146 Å². The van der Waals surface area contributed by atoms with Crippen LogP contribution in [-0.2, 0) is 38.5 Å². The minimum atomic E-state index is -3.97. The van der Waals surface area contributed by atoms with Gasteiger partial charge in [0.25, 0.3) is 0 Å². The van der Waals surface area contributed by atoms with Gasteiger partial charge in [-0.05, 0) is 145 Å². The van der Waals surface area contributed by atoms with Crippen molar-refractivity contribution in [3.8, 4) is 11.5 Å². The molecule has 0 atom stereocenters. The molecule has 0 radical (unpaired) electrons. The molecule has 2 rings (SSSR count). The highest BCUT2D eigenvalue weighted by Gasteiger charge is 2.42. The van der Waals surface area contributed by atoms with E-state index in [4.69, 9.17) is 18.9 Å². The van der Waals surface area contributed by atoms with Crippen molar-refractivity contribution in [3.05, 3.63) is 48.5 Å². The van der Waals surface area contributed by atoms with E-state index in [2.05, 4.69) is 0 Å². The number of hydrogen-bond donors (Lipinski definition) is 0. The quantitative estimate of drug-likeness (QED) is 0.142. The molecule has 0 saturated carbocycles. The average molecular weight is 733 g/mol. The van der Waals surface area contributed by atoms with E-state index < -0.39 is 55.4 Å². The maximum Gasteiger partial charge on any atom is 0.316 e. The zero-order chi connectivity index (χ0) is 39.0. The summed E-state index contributed by atoms with van der Waals surface area (Å²) >= 11 is 0. The van der Waals surface area contributed by atoms with E-state index in [1.807, 2.05) is 38.0 Å². The Hall–Kier alpha value is -3.81. The van der Waals surface area contributed by atoms with Crippen molar-refractivity contribution >= 4 is 33.7 Å². The van der Waals surface area contributed by atoms with E-state index in [1.54, 1.807) is 55.4 Å². The van der Waals surface area contributed by atoms with E-state index in [0.29, 0.717) is 13.1 Å². The SMILES string of the molecule is CN(C)CCOC(=O)C(C)(C)CC(C)(C)C(=O)Oc1ccc(S(=O)(=O)c2ccc(OC(=O)C(C)(C)CC(C)(C)C(=O)OCCN(C)C)cc2)cc1. The number of likely N-dealkylation sites (N-methyl/N-ethyl adjacent to an activating group) is 2. The number of carbonyl (C=O) groups excluding carboxylic acids is 4. The second kappa shape index (κ2) is 17.1. The number of nitrogens with zero attached hydrogens (tertiary/aromatic N) is 2. The Kier molecular flexibility index (Phi) is 14.6. The first kappa shape index (κ1) is 43.4. The van der Waals surface area contributed by atoms with Gasteiger partial charge in [0.2, 0.25) is 9.84 Å². The van der Waals surface area contributed by atoms with Gasteiger partial charge in [0.15, 0.2) is 0 Å². The van der Waals surface area contributed by atoms with Crippen LogP contribution in [0.25, 0.3) is 0 Å². The fourth-order valence-electron chi connectivity index (χ4n) is 5.53. The van der Waals surface area contributed by atoms with E-state index in [9.17, 15) is 27.6 Å². The molecule has 13 heteroatoms. The van der Waals surface area contributed by atoms with Gasteiger partial charge in [-0.1, -0.05) is 0 Å². The molecule has 0 N–H and O–H groups in total. The van der Waals surface area contributed by atoms with Gasteiger partial charge >= 0.3 is 23.9 Å². The summed E-state index contributed by atoms with van der Waals surface area (Å²) in [6, 6.07) is 10.9. The van der Waals surface area contributed by atoms with Crippen molar-refractivity contribution in [2.45, 2.75) is 78.0 Å². The van der Waals surface area contributed by atoms with Gasteiger partial charge in [-0.15, -0.1) is 0 Å². The molecular formula is C38H56N2O10S. The Labute approximate surface area is 303 Å². The molecule has 0 fully saturated rings. The zero-order valence-corrected chi connectivity index (χ0v) is 33.1. The lowest BCUT2D eigenvalue weighted by Gasteiger charge is -2.31. The van der Waals surface area contributed by atoms with Crippen LogP contribution in [0.3, 0.4) is 0 Å². The highest BCUT2D eigenvalue weighted by atomic mass is 32.2. The largest absolute Gasteiger partial charge is 0.464 e. The van der Waals surface area contributed by atoms with Crippen LogP contribution >= 0.6 is 0 Å². The second-order valence-electron chi connectivity index (χ2n) is 16.0. The maximum absolute atomic E-state index is 13.4.